The number of benzene rings is 1. The van der Waals surface area contributed by atoms with E-state index in [1.807, 2.05) is 0 Å². The third-order valence-electron chi connectivity index (χ3n) is 4.90. The lowest BCUT2D eigenvalue weighted by Gasteiger charge is -2.19. The van der Waals surface area contributed by atoms with Crippen LogP contribution in [0.25, 0.3) is 0 Å². The van der Waals surface area contributed by atoms with Crippen LogP contribution in [0, 0.1) is 13.8 Å². The van der Waals surface area contributed by atoms with Gasteiger partial charge in [0.1, 0.15) is 12.2 Å². The number of carbonyl (C=O) groups excluding carboxylic acids is 2. The van der Waals surface area contributed by atoms with Crippen LogP contribution in [0.1, 0.15) is 52.4 Å². The van der Waals surface area contributed by atoms with Crippen molar-refractivity contribution in [3.8, 4) is 5.75 Å². The summed E-state index contributed by atoms with van der Waals surface area (Å²) >= 11 is 0. The van der Waals surface area contributed by atoms with E-state index >= 15 is 0 Å². The molecule has 1 heterocycles. The van der Waals surface area contributed by atoms with Gasteiger partial charge in [0.2, 0.25) is 0 Å². The van der Waals surface area contributed by atoms with Crippen LogP contribution in [-0.2, 0) is 37.4 Å². The van der Waals surface area contributed by atoms with E-state index in [0.29, 0.717) is 23.1 Å². The van der Waals surface area contributed by atoms with Gasteiger partial charge >= 0.3 is 27.6 Å². The number of esters is 2. The van der Waals surface area contributed by atoms with Crippen LogP contribution in [0.3, 0.4) is 0 Å². The van der Waals surface area contributed by atoms with E-state index in [4.69, 9.17) is 4.74 Å². The second-order valence-electron chi connectivity index (χ2n) is 6.80. The Bertz CT molecular complexity index is 1010. The number of fused-ring (bicyclic) bond motifs is 1. The van der Waals surface area contributed by atoms with E-state index in [-0.39, 0.29) is 30.6 Å². The zero-order valence-electron chi connectivity index (χ0n) is 16.8. The molecule has 0 N–H and O–H groups in total. The Morgan fingerprint density at radius 2 is 1.83 bits per heavy atom. The first-order chi connectivity index (χ1) is 13.8. The first-order valence-electron chi connectivity index (χ1n) is 8.85. The van der Waals surface area contributed by atoms with Gasteiger partial charge in [0.05, 0.1) is 7.11 Å². The normalized spacial score (nSPS) is 14.4. The predicted molar refractivity (Wildman–Crippen MR) is 99.3 cm³/mol. The van der Waals surface area contributed by atoms with E-state index in [2.05, 4.69) is 8.92 Å². The molecule has 0 saturated carbocycles. The summed E-state index contributed by atoms with van der Waals surface area (Å²) in [6.07, 6.45) is 2.07. The fourth-order valence-electron chi connectivity index (χ4n) is 2.98. The number of halogens is 3. The van der Waals surface area contributed by atoms with Crippen LogP contribution in [-0.4, -0.2) is 33.0 Å². The minimum Gasteiger partial charge on any atom is -0.469 e. The van der Waals surface area contributed by atoms with Gasteiger partial charge in [-0.25, -0.2) is 4.79 Å². The first-order valence-corrected chi connectivity index (χ1v) is 10.3. The van der Waals surface area contributed by atoms with Crippen molar-refractivity contribution in [3.63, 3.8) is 0 Å². The van der Waals surface area contributed by atoms with E-state index in [1.165, 1.54) is 7.11 Å². The second-order valence-corrected chi connectivity index (χ2v) is 8.34. The predicted octanol–water partition coefficient (Wildman–Crippen LogP) is 3.64. The number of ether oxygens (including phenoxy) is 2. The number of rotatable bonds is 7. The Kier molecular flexibility index (Phi) is 6.85. The molecule has 0 radical (unpaired) electrons. The molecule has 0 aromatic heterocycles. The molecule has 1 aliphatic rings. The zero-order valence-corrected chi connectivity index (χ0v) is 17.6. The van der Waals surface area contributed by atoms with Crippen molar-refractivity contribution in [1.29, 1.82) is 0 Å². The molecule has 11 heteroatoms. The minimum atomic E-state index is -6.00. The fourth-order valence-corrected chi connectivity index (χ4v) is 3.48. The highest BCUT2D eigenvalue weighted by Crippen LogP contribution is 2.41. The summed E-state index contributed by atoms with van der Waals surface area (Å²) < 4.78 is 76.0. The first kappa shape index (κ1) is 23.7. The molecule has 0 saturated heterocycles. The number of carbonyl (C=O) groups is 2. The van der Waals surface area contributed by atoms with Crippen molar-refractivity contribution in [3.05, 3.63) is 39.5 Å². The third-order valence-corrected chi connectivity index (χ3v) is 5.86. The summed E-state index contributed by atoms with van der Waals surface area (Å²) in [5, 5.41) is 0. The van der Waals surface area contributed by atoms with Gasteiger partial charge in [0.15, 0.2) is 5.75 Å². The molecule has 2 rings (SSSR count). The van der Waals surface area contributed by atoms with Crippen LogP contribution in [0.15, 0.2) is 11.6 Å². The standard InChI is InChI=1S/C19H21F3O7S/c1-10(6-8-15(23)27-4)5-7-13-11(2)12(3)14-9-28-18(24)16(14)17(13)29-30(25,26)19(20,21)22/h5H,6-9H2,1-4H3. The van der Waals surface area contributed by atoms with Crippen LogP contribution in [0.2, 0.25) is 0 Å². The lowest BCUT2D eigenvalue weighted by atomic mass is 9.91. The fraction of sp³-hybridized carbons (Fsp3) is 0.474. The number of hydrogen-bond acceptors (Lipinski definition) is 7. The summed E-state index contributed by atoms with van der Waals surface area (Å²) in [6, 6.07) is 0. The van der Waals surface area contributed by atoms with Crippen molar-refractivity contribution >= 4 is 22.1 Å². The Balaban J connectivity index is 2.54. The largest absolute Gasteiger partial charge is 0.534 e. The number of alkyl halides is 3. The monoisotopic (exact) mass is 450 g/mol. The molecular formula is C19H21F3O7S. The lowest BCUT2D eigenvalue weighted by Crippen LogP contribution is -2.29. The van der Waals surface area contributed by atoms with Gasteiger partial charge in [-0.15, -0.1) is 0 Å². The van der Waals surface area contributed by atoms with E-state index < -0.39 is 33.3 Å². The summed E-state index contributed by atoms with van der Waals surface area (Å²) in [6.45, 7) is 4.78. The van der Waals surface area contributed by atoms with Gasteiger partial charge < -0.3 is 13.7 Å². The molecule has 1 aliphatic heterocycles. The van der Waals surface area contributed by atoms with Crippen molar-refractivity contribution in [1.82, 2.24) is 0 Å². The maximum absolute atomic E-state index is 12.9. The van der Waals surface area contributed by atoms with Gasteiger partial charge in [-0.3, -0.25) is 4.79 Å². The van der Waals surface area contributed by atoms with Gasteiger partial charge in [-0.1, -0.05) is 11.6 Å². The van der Waals surface area contributed by atoms with E-state index in [9.17, 15) is 31.2 Å². The number of methoxy groups -OCH3 is 1. The second kappa shape index (κ2) is 8.66. The molecule has 1 aromatic rings. The molecule has 30 heavy (non-hydrogen) atoms. The highest BCUT2D eigenvalue weighted by Gasteiger charge is 2.50. The maximum Gasteiger partial charge on any atom is 0.534 e. The van der Waals surface area contributed by atoms with Crippen LogP contribution >= 0.6 is 0 Å². The van der Waals surface area contributed by atoms with Gasteiger partial charge in [-0.2, -0.15) is 21.6 Å². The quantitative estimate of drug-likeness (QED) is 0.271. The molecule has 0 atom stereocenters. The SMILES string of the molecule is COC(=O)CCC(C)=CCc1c(C)c(C)c2c(c1OS(=O)(=O)C(F)(F)F)C(=O)OC2. The molecule has 0 fully saturated rings. The lowest BCUT2D eigenvalue weighted by molar-refractivity contribution is -0.140. The molecule has 1 aromatic carbocycles. The summed E-state index contributed by atoms with van der Waals surface area (Å²) in [5.41, 5.74) is -3.76. The van der Waals surface area contributed by atoms with Crippen molar-refractivity contribution in [2.24, 2.45) is 0 Å². The Morgan fingerprint density at radius 1 is 1.20 bits per heavy atom. The van der Waals surface area contributed by atoms with Gasteiger partial charge in [-0.05, 0) is 44.7 Å². The number of hydrogen-bond donors (Lipinski definition) is 0. The molecule has 0 unspecified atom stereocenters. The Hall–Kier alpha value is -2.56. The average molecular weight is 450 g/mol. The Labute approximate surface area is 171 Å². The van der Waals surface area contributed by atoms with Gasteiger partial charge in [0, 0.05) is 17.5 Å². The molecule has 166 valence electrons. The molecule has 0 amide bonds. The maximum atomic E-state index is 12.9. The Morgan fingerprint density at radius 3 is 2.40 bits per heavy atom. The number of allylic oxidation sites excluding steroid dienone is 2. The smallest absolute Gasteiger partial charge is 0.469 e. The molecule has 0 bridgehead atoms. The third kappa shape index (κ3) is 4.77. The van der Waals surface area contributed by atoms with Gasteiger partial charge in [0.25, 0.3) is 0 Å². The summed E-state index contributed by atoms with van der Waals surface area (Å²) in [7, 11) is -4.75. The van der Waals surface area contributed by atoms with Crippen molar-refractivity contribution in [2.75, 3.05) is 7.11 Å². The van der Waals surface area contributed by atoms with Crippen molar-refractivity contribution < 1.29 is 44.8 Å². The highest BCUT2D eigenvalue weighted by molar-refractivity contribution is 7.88. The van der Waals surface area contributed by atoms with Crippen LogP contribution < -0.4 is 4.18 Å². The molecular weight excluding hydrogens is 429 g/mol. The topological polar surface area (TPSA) is 96.0 Å². The van der Waals surface area contributed by atoms with E-state index in [0.717, 1.165) is 5.57 Å². The van der Waals surface area contributed by atoms with Crippen molar-refractivity contribution in [2.45, 2.75) is 52.1 Å². The minimum absolute atomic E-state index is 0.0110. The molecule has 0 aliphatic carbocycles. The highest BCUT2D eigenvalue weighted by atomic mass is 32.2. The number of cyclic esters (lactones) is 1. The molecule has 7 nitrogen and oxygen atoms in total. The summed E-state index contributed by atoms with van der Waals surface area (Å²) in [5.74, 6) is -2.05. The zero-order chi connectivity index (χ0) is 22.9. The van der Waals surface area contributed by atoms with E-state index in [1.54, 1.807) is 26.8 Å². The van der Waals surface area contributed by atoms with Crippen LogP contribution in [0.4, 0.5) is 13.2 Å². The molecule has 0 spiro atoms. The average Bonchev–Trinajstić information content (AvgIpc) is 3.04. The van der Waals surface area contributed by atoms with Crippen LogP contribution in [0.5, 0.6) is 5.75 Å². The summed E-state index contributed by atoms with van der Waals surface area (Å²) in [4.78, 5) is 23.4.